The van der Waals surface area contributed by atoms with Crippen LogP contribution in [0.5, 0.6) is 11.5 Å². The van der Waals surface area contributed by atoms with Gasteiger partial charge in [-0.05, 0) is 17.7 Å². The highest BCUT2D eigenvalue weighted by atomic mass is 16.6. The Hall–Kier alpha value is -1.34. The fourth-order valence-electron chi connectivity index (χ4n) is 1.63. The highest BCUT2D eigenvalue weighted by molar-refractivity contribution is 5.42. The van der Waals surface area contributed by atoms with Gasteiger partial charge in [0, 0.05) is 13.7 Å². The quantitative estimate of drug-likeness (QED) is 0.585. The molecule has 0 aliphatic heterocycles. The zero-order chi connectivity index (χ0) is 15.3. The fourth-order valence-corrected chi connectivity index (χ4v) is 1.63. The van der Waals surface area contributed by atoms with Crippen molar-refractivity contribution in [3.63, 3.8) is 0 Å². The minimum atomic E-state index is 0.455. The molecular weight excluding hydrogens is 274 g/mol. The standard InChI is InChI=1S/C15H25NO5/c1-17-5-6-19-7-8-20-9-10-21-14-4-3-13(12-16)11-15(14)18-2/h3-4,11H,5-10,12,16H2,1-2H3. The summed E-state index contributed by atoms with van der Waals surface area (Å²) in [6.45, 7) is 3.70. The molecule has 0 radical (unpaired) electrons. The van der Waals surface area contributed by atoms with Gasteiger partial charge in [0.15, 0.2) is 11.5 Å². The van der Waals surface area contributed by atoms with Gasteiger partial charge >= 0.3 is 0 Å². The molecule has 0 spiro atoms. The third-order valence-electron chi connectivity index (χ3n) is 2.75. The van der Waals surface area contributed by atoms with Crippen LogP contribution in [-0.4, -0.2) is 53.9 Å². The van der Waals surface area contributed by atoms with Crippen LogP contribution in [0.15, 0.2) is 18.2 Å². The van der Waals surface area contributed by atoms with Crippen LogP contribution in [0.4, 0.5) is 0 Å². The van der Waals surface area contributed by atoms with Gasteiger partial charge in [0.2, 0.25) is 0 Å². The first-order chi connectivity index (χ1) is 10.3. The third-order valence-corrected chi connectivity index (χ3v) is 2.75. The Kier molecular flexibility index (Phi) is 9.56. The van der Waals surface area contributed by atoms with Crippen molar-refractivity contribution in [1.29, 1.82) is 0 Å². The van der Waals surface area contributed by atoms with Crippen molar-refractivity contribution in [3.05, 3.63) is 23.8 Å². The third kappa shape index (κ3) is 7.29. The van der Waals surface area contributed by atoms with E-state index in [1.54, 1.807) is 14.2 Å². The van der Waals surface area contributed by atoms with Crippen molar-refractivity contribution in [2.45, 2.75) is 6.54 Å². The molecule has 0 aliphatic rings. The molecule has 0 bridgehead atoms. The fraction of sp³-hybridized carbons (Fsp3) is 0.600. The molecule has 6 heteroatoms. The second-order valence-electron chi connectivity index (χ2n) is 4.26. The molecule has 1 rings (SSSR count). The van der Waals surface area contributed by atoms with Crippen LogP contribution in [0, 0.1) is 0 Å². The van der Waals surface area contributed by atoms with Crippen LogP contribution in [-0.2, 0) is 20.8 Å². The maximum absolute atomic E-state index is 5.62. The van der Waals surface area contributed by atoms with E-state index in [0.29, 0.717) is 57.7 Å². The average molecular weight is 299 g/mol. The Labute approximate surface area is 126 Å². The van der Waals surface area contributed by atoms with E-state index in [2.05, 4.69) is 0 Å². The maximum Gasteiger partial charge on any atom is 0.161 e. The summed E-state index contributed by atoms with van der Waals surface area (Å²) in [5.41, 5.74) is 6.59. The molecule has 1 aromatic rings. The van der Waals surface area contributed by atoms with Crippen LogP contribution >= 0.6 is 0 Å². The van der Waals surface area contributed by atoms with Crippen molar-refractivity contribution in [1.82, 2.24) is 0 Å². The Balaban J connectivity index is 2.15. The summed E-state index contributed by atoms with van der Waals surface area (Å²) < 4.78 is 26.4. The predicted octanol–water partition coefficient (Wildman–Crippen LogP) is 1.21. The zero-order valence-corrected chi connectivity index (χ0v) is 12.8. The molecule has 0 unspecified atom stereocenters. The monoisotopic (exact) mass is 299 g/mol. The predicted molar refractivity (Wildman–Crippen MR) is 79.9 cm³/mol. The molecule has 0 heterocycles. The lowest BCUT2D eigenvalue weighted by atomic mass is 10.2. The lowest BCUT2D eigenvalue weighted by Gasteiger charge is -2.12. The van der Waals surface area contributed by atoms with Gasteiger partial charge in [0.1, 0.15) is 6.61 Å². The van der Waals surface area contributed by atoms with E-state index in [1.807, 2.05) is 18.2 Å². The summed E-state index contributed by atoms with van der Waals surface area (Å²) in [7, 11) is 3.25. The number of nitrogens with two attached hydrogens (primary N) is 1. The van der Waals surface area contributed by atoms with E-state index in [1.165, 1.54) is 0 Å². The lowest BCUT2D eigenvalue weighted by molar-refractivity contribution is 0.0178. The van der Waals surface area contributed by atoms with Crippen molar-refractivity contribution in [2.75, 3.05) is 53.9 Å². The average Bonchev–Trinajstić information content (AvgIpc) is 2.53. The summed E-state index contributed by atoms with van der Waals surface area (Å²) in [5.74, 6) is 1.37. The largest absolute Gasteiger partial charge is 0.493 e. The zero-order valence-electron chi connectivity index (χ0n) is 12.8. The van der Waals surface area contributed by atoms with E-state index in [9.17, 15) is 0 Å². The second kappa shape index (κ2) is 11.3. The first-order valence-corrected chi connectivity index (χ1v) is 6.96. The second-order valence-corrected chi connectivity index (χ2v) is 4.26. The number of methoxy groups -OCH3 is 2. The van der Waals surface area contributed by atoms with Crippen LogP contribution in [0.3, 0.4) is 0 Å². The smallest absolute Gasteiger partial charge is 0.161 e. The SMILES string of the molecule is COCCOCCOCCOc1ccc(CN)cc1OC. The van der Waals surface area contributed by atoms with E-state index in [4.69, 9.17) is 29.4 Å². The van der Waals surface area contributed by atoms with Gasteiger partial charge in [0.25, 0.3) is 0 Å². The topological polar surface area (TPSA) is 72.2 Å². The van der Waals surface area contributed by atoms with Gasteiger partial charge in [-0.2, -0.15) is 0 Å². The number of hydrogen-bond donors (Lipinski definition) is 1. The highest BCUT2D eigenvalue weighted by Gasteiger charge is 2.05. The molecule has 1 aromatic carbocycles. The number of ether oxygens (including phenoxy) is 5. The molecule has 0 amide bonds. The molecule has 0 aromatic heterocycles. The van der Waals surface area contributed by atoms with Crippen LogP contribution in [0.1, 0.15) is 5.56 Å². The number of hydrogen-bond acceptors (Lipinski definition) is 6. The van der Waals surface area contributed by atoms with Crippen molar-refractivity contribution in [3.8, 4) is 11.5 Å². The first kappa shape index (κ1) is 17.7. The van der Waals surface area contributed by atoms with Gasteiger partial charge < -0.3 is 29.4 Å². The lowest BCUT2D eigenvalue weighted by Crippen LogP contribution is -2.12. The van der Waals surface area contributed by atoms with Crippen molar-refractivity contribution >= 4 is 0 Å². The molecule has 0 fully saturated rings. The molecule has 0 saturated carbocycles. The van der Waals surface area contributed by atoms with Crippen LogP contribution in [0.2, 0.25) is 0 Å². The Morgan fingerprint density at radius 3 is 2.14 bits per heavy atom. The van der Waals surface area contributed by atoms with Crippen LogP contribution < -0.4 is 15.2 Å². The first-order valence-electron chi connectivity index (χ1n) is 6.96. The van der Waals surface area contributed by atoms with Gasteiger partial charge in [-0.25, -0.2) is 0 Å². The minimum Gasteiger partial charge on any atom is -0.493 e. The molecule has 6 nitrogen and oxygen atoms in total. The molecule has 2 N–H and O–H groups in total. The summed E-state index contributed by atoms with van der Waals surface area (Å²) in [6.07, 6.45) is 0. The van der Waals surface area contributed by atoms with E-state index < -0.39 is 0 Å². The minimum absolute atomic E-state index is 0.455. The number of benzene rings is 1. The Morgan fingerprint density at radius 2 is 1.52 bits per heavy atom. The molecule has 120 valence electrons. The van der Waals surface area contributed by atoms with Crippen LogP contribution in [0.25, 0.3) is 0 Å². The van der Waals surface area contributed by atoms with Crippen molar-refractivity contribution < 1.29 is 23.7 Å². The van der Waals surface area contributed by atoms with E-state index >= 15 is 0 Å². The normalized spacial score (nSPS) is 10.6. The van der Waals surface area contributed by atoms with Gasteiger partial charge in [-0.3, -0.25) is 0 Å². The van der Waals surface area contributed by atoms with E-state index in [0.717, 1.165) is 5.56 Å². The molecule has 0 saturated heterocycles. The maximum atomic E-state index is 5.62. The van der Waals surface area contributed by atoms with Gasteiger partial charge in [-0.1, -0.05) is 6.07 Å². The Morgan fingerprint density at radius 1 is 0.857 bits per heavy atom. The Bertz CT molecular complexity index is 386. The molecule has 0 atom stereocenters. The highest BCUT2D eigenvalue weighted by Crippen LogP contribution is 2.27. The summed E-state index contributed by atoms with van der Waals surface area (Å²) in [4.78, 5) is 0. The van der Waals surface area contributed by atoms with Gasteiger partial charge in [0.05, 0.1) is 40.1 Å². The number of rotatable bonds is 12. The summed E-state index contributed by atoms with van der Waals surface area (Å²) in [6, 6.07) is 5.65. The summed E-state index contributed by atoms with van der Waals surface area (Å²) >= 11 is 0. The van der Waals surface area contributed by atoms with Crippen molar-refractivity contribution in [2.24, 2.45) is 5.73 Å². The van der Waals surface area contributed by atoms with E-state index in [-0.39, 0.29) is 0 Å². The van der Waals surface area contributed by atoms with Gasteiger partial charge in [-0.15, -0.1) is 0 Å². The molecular formula is C15H25NO5. The molecule has 21 heavy (non-hydrogen) atoms. The molecule has 0 aliphatic carbocycles. The summed E-state index contributed by atoms with van der Waals surface area (Å²) in [5, 5.41) is 0.